The van der Waals surface area contributed by atoms with Crippen molar-refractivity contribution in [1.82, 2.24) is 15.0 Å². The summed E-state index contributed by atoms with van der Waals surface area (Å²) in [5, 5.41) is 3.84. The number of nitrogens with zero attached hydrogens (tertiary/aromatic N) is 3. The minimum absolute atomic E-state index is 0.168. The first-order chi connectivity index (χ1) is 12.5. The molecular weight excluding hydrogens is 338 g/mol. The Labute approximate surface area is 152 Å². The molecule has 1 aliphatic rings. The van der Waals surface area contributed by atoms with Gasteiger partial charge in [-0.1, -0.05) is 5.16 Å². The van der Waals surface area contributed by atoms with Crippen LogP contribution in [0.1, 0.15) is 35.3 Å². The van der Waals surface area contributed by atoms with Gasteiger partial charge in [-0.25, -0.2) is 0 Å². The minimum atomic E-state index is -0.274. The molecule has 0 saturated carbocycles. The van der Waals surface area contributed by atoms with Crippen LogP contribution >= 0.6 is 0 Å². The van der Waals surface area contributed by atoms with Crippen LogP contribution in [0.4, 0.5) is 0 Å². The lowest BCUT2D eigenvalue weighted by Gasteiger charge is -2.36. The van der Waals surface area contributed by atoms with Gasteiger partial charge in [0.1, 0.15) is 0 Å². The van der Waals surface area contributed by atoms with E-state index in [4.69, 9.17) is 18.7 Å². The average Bonchev–Trinajstić information content (AvgIpc) is 3.06. The molecule has 1 unspecified atom stereocenters. The van der Waals surface area contributed by atoms with E-state index in [-0.39, 0.29) is 18.4 Å². The van der Waals surface area contributed by atoms with E-state index in [1.165, 1.54) is 7.11 Å². The van der Waals surface area contributed by atoms with E-state index in [1.54, 1.807) is 21.1 Å². The summed E-state index contributed by atoms with van der Waals surface area (Å²) in [6.45, 7) is 3.00. The number of benzene rings is 1. The number of rotatable bonds is 6. The maximum atomic E-state index is 12.0. The lowest BCUT2D eigenvalue weighted by molar-refractivity contribution is -0.142. The number of aryl methyl sites for hydroxylation is 1. The number of carbonyl (C=O) groups is 1. The van der Waals surface area contributed by atoms with E-state index in [0.717, 1.165) is 24.1 Å². The lowest BCUT2D eigenvalue weighted by atomic mass is 9.90. The molecule has 0 saturated heterocycles. The minimum Gasteiger partial charge on any atom is -0.493 e. The van der Waals surface area contributed by atoms with Gasteiger partial charge in [0.15, 0.2) is 17.3 Å². The zero-order valence-electron chi connectivity index (χ0n) is 15.4. The molecule has 3 rings (SSSR count). The number of carbonyl (C=O) groups excluding carboxylic acids is 1. The van der Waals surface area contributed by atoms with Crippen molar-refractivity contribution in [2.45, 2.75) is 32.4 Å². The first-order valence-corrected chi connectivity index (χ1v) is 8.40. The number of esters is 1. The van der Waals surface area contributed by atoms with Crippen LogP contribution in [0, 0.1) is 6.92 Å². The second kappa shape index (κ2) is 7.74. The number of methoxy groups -OCH3 is 3. The number of fused-ring (bicyclic) bond motifs is 1. The van der Waals surface area contributed by atoms with Crippen molar-refractivity contribution in [1.29, 1.82) is 0 Å². The van der Waals surface area contributed by atoms with Gasteiger partial charge in [-0.05, 0) is 36.6 Å². The van der Waals surface area contributed by atoms with Gasteiger partial charge in [0.2, 0.25) is 5.89 Å². The van der Waals surface area contributed by atoms with Crippen LogP contribution in [-0.2, 0) is 22.5 Å². The van der Waals surface area contributed by atoms with Crippen LogP contribution in [-0.4, -0.2) is 48.9 Å². The largest absolute Gasteiger partial charge is 0.493 e. The van der Waals surface area contributed by atoms with Crippen molar-refractivity contribution in [3.05, 3.63) is 35.0 Å². The topological polar surface area (TPSA) is 86.9 Å². The zero-order chi connectivity index (χ0) is 18.7. The average molecular weight is 361 g/mol. The van der Waals surface area contributed by atoms with E-state index < -0.39 is 0 Å². The van der Waals surface area contributed by atoms with Crippen molar-refractivity contribution in [3.63, 3.8) is 0 Å². The predicted molar refractivity (Wildman–Crippen MR) is 92.1 cm³/mol. The zero-order valence-corrected chi connectivity index (χ0v) is 15.4. The lowest BCUT2D eigenvalue weighted by Crippen LogP contribution is -2.36. The van der Waals surface area contributed by atoms with Crippen LogP contribution in [0.25, 0.3) is 0 Å². The number of aromatic nitrogens is 2. The maximum Gasteiger partial charge on any atom is 0.307 e. The Morgan fingerprint density at radius 3 is 2.62 bits per heavy atom. The first kappa shape index (κ1) is 18.2. The molecule has 0 fully saturated rings. The van der Waals surface area contributed by atoms with Crippen LogP contribution in [0.15, 0.2) is 16.7 Å². The highest BCUT2D eigenvalue weighted by molar-refractivity contribution is 5.70. The molecule has 0 spiro atoms. The second-order valence-corrected chi connectivity index (χ2v) is 6.16. The van der Waals surface area contributed by atoms with Crippen LogP contribution in [0.2, 0.25) is 0 Å². The van der Waals surface area contributed by atoms with Crippen LogP contribution < -0.4 is 9.47 Å². The van der Waals surface area contributed by atoms with Gasteiger partial charge in [0.05, 0.1) is 34.3 Å². The molecule has 0 aliphatic carbocycles. The van der Waals surface area contributed by atoms with Crippen LogP contribution in [0.5, 0.6) is 11.5 Å². The molecule has 0 amide bonds. The van der Waals surface area contributed by atoms with Gasteiger partial charge in [-0.3, -0.25) is 9.69 Å². The fraction of sp³-hybridized carbons (Fsp3) is 0.500. The summed E-state index contributed by atoms with van der Waals surface area (Å²) < 4.78 is 21.0. The Kier molecular flexibility index (Phi) is 5.41. The Bertz CT molecular complexity index is 789. The molecule has 1 aliphatic heterocycles. The monoisotopic (exact) mass is 361 g/mol. The van der Waals surface area contributed by atoms with E-state index in [1.807, 2.05) is 12.1 Å². The van der Waals surface area contributed by atoms with Gasteiger partial charge in [-0.15, -0.1) is 0 Å². The Hall–Kier alpha value is -2.61. The summed E-state index contributed by atoms with van der Waals surface area (Å²) in [5.41, 5.74) is 2.16. The number of hydrogen-bond acceptors (Lipinski definition) is 8. The third kappa shape index (κ3) is 3.65. The predicted octanol–water partition coefficient (Wildman–Crippen LogP) is 2.06. The smallest absolute Gasteiger partial charge is 0.307 e. The summed E-state index contributed by atoms with van der Waals surface area (Å²) in [4.78, 5) is 18.4. The van der Waals surface area contributed by atoms with Gasteiger partial charge in [-0.2, -0.15) is 4.98 Å². The van der Waals surface area contributed by atoms with E-state index >= 15 is 0 Å². The fourth-order valence-corrected chi connectivity index (χ4v) is 3.33. The van der Waals surface area contributed by atoms with E-state index in [2.05, 4.69) is 15.0 Å². The highest BCUT2D eigenvalue weighted by atomic mass is 16.5. The summed E-state index contributed by atoms with van der Waals surface area (Å²) >= 11 is 0. The summed E-state index contributed by atoms with van der Waals surface area (Å²) in [6.07, 6.45) is 1.05. The summed E-state index contributed by atoms with van der Waals surface area (Å²) in [6, 6.07) is 3.75. The molecule has 8 nitrogen and oxygen atoms in total. The molecule has 0 N–H and O–H groups in total. The molecule has 0 radical (unpaired) electrons. The molecule has 1 aromatic heterocycles. The highest BCUT2D eigenvalue weighted by Crippen LogP contribution is 2.40. The van der Waals surface area contributed by atoms with E-state index in [9.17, 15) is 4.79 Å². The molecule has 2 heterocycles. The normalized spacial score (nSPS) is 16.8. The molecule has 26 heavy (non-hydrogen) atoms. The Morgan fingerprint density at radius 1 is 1.27 bits per heavy atom. The Morgan fingerprint density at radius 2 is 2.00 bits per heavy atom. The SMILES string of the molecule is COC(=O)CC1c2cc(OC)c(OC)cc2CCN1Cc1nc(C)no1. The molecule has 2 aromatic rings. The number of hydrogen-bond donors (Lipinski definition) is 0. The second-order valence-electron chi connectivity index (χ2n) is 6.16. The van der Waals surface area contributed by atoms with Crippen LogP contribution in [0.3, 0.4) is 0 Å². The van der Waals surface area contributed by atoms with Gasteiger partial charge < -0.3 is 18.7 Å². The van der Waals surface area contributed by atoms with Crippen molar-refractivity contribution in [2.75, 3.05) is 27.9 Å². The molecule has 1 aromatic carbocycles. The molecule has 0 bridgehead atoms. The van der Waals surface area contributed by atoms with Crippen molar-refractivity contribution < 1.29 is 23.5 Å². The molecule has 140 valence electrons. The Balaban J connectivity index is 1.96. The van der Waals surface area contributed by atoms with Gasteiger partial charge in [0, 0.05) is 12.6 Å². The fourth-order valence-electron chi connectivity index (χ4n) is 3.33. The van der Waals surface area contributed by atoms with Crippen molar-refractivity contribution in [2.24, 2.45) is 0 Å². The third-order valence-corrected chi connectivity index (χ3v) is 4.61. The third-order valence-electron chi connectivity index (χ3n) is 4.61. The maximum absolute atomic E-state index is 12.0. The van der Waals surface area contributed by atoms with E-state index in [0.29, 0.717) is 29.8 Å². The molecule has 8 heteroatoms. The summed E-state index contributed by atoms with van der Waals surface area (Å²) in [7, 11) is 4.61. The molecular formula is C18H23N3O5. The van der Waals surface area contributed by atoms with Crippen molar-refractivity contribution in [3.8, 4) is 11.5 Å². The van der Waals surface area contributed by atoms with Gasteiger partial charge >= 0.3 is 5.97 Å². The highest BCUT2D eigenvalue weighted by Gasteiger charge is 2.32. The van der Waals surface area contributed by atoms with Gasteiger partial charge in [0.25, 0.3) is 0 Å². The summed E-state index contributed by atoms with van der Waals surface area (Å²) in [5.74, 6) is 2.17. The molecule has 1 atom stereocenters. The number of ether oxygens (including phenoxy) is 3. The standard InChI is InChI=1S/C18H23N3O5/c1-11-19-17(26-20-11)10-21-6-5-12-7-15(23-2)16(24-3)8-13(12)14(21)9-18(22)25-4/h7-8,14H,5-6,9-10H2,1-4H3. The first-order valence-electron chi connectivity index (χ1n) is 8.40. The van der Waals surface area contributed by atoms with Crippen molar-refractivity contribution >= 4 is 5.97 Å². The quantitative estimate of drug-likeness (QED) is 0.723.